The average molecular weight is 449 g/mol. The molecular weight excluding hydrogens is 424 g/mol. The van der Waals surface area contributed by atoms with E-state index in [4.69, 9.17) is 9.15 Å². The van der Waals surface area contributed by atoms with E-state index < -0.39 is 0 Å². The fraction of sp³-hybridized carbons (Fsp3) is 0.208. The van der Waals surface area contributed by atoms with Crippen molar-refractivity contribution in [3.8, 4) is 23.0 Å². The Morgan fingerprint density at radius 1 is 1.12 bits per heavy atom. The minimum absolute atomic E-state index is 0.0946. The Morgan fingerprint density at radius 2 is 1.94 bits per heavy atom. The third-order valence-corrected chi connectivity index (χ3v) is 5.97. The van der Waals surface area contributed by atoms with Crippen molar-refractivity contribution < 1.29 is 13.9 Å². The van der Waals surface area contributed by atoms with Gasteiger partial charge >= 0.3 is 0 Å². The molecule has 0 saturated carbocycles. The van der Waals surface area contributed by atoms with E-state index in [1.165, 1.54) is 11.8 Å². The maximum absolute atomic E-state index is 12.7. The van der Waals surface area contributed by atoms with Gasteiger partial charge in [0, 0.05) is 5.69 Å². The number of carbonyl (C=O) groups is 1. The molecular formula is C24H24N4O3S. The van der Waals surface area contributed by atoms with Gasteiger partial charge in [-0.1, -0.05) is 36.9 Å². The molecule has 2 aromatic heterocycles. The van der Waals surface area contributed by atoms with Gasteiger partial charge in [-0.3, -0.25) is 9.36 Å². The number of carbonyl (C=O) groups excluding carboxylic acids is 1. The van der Waals surface area contributed by atoms with Crippen LogP contribution in [0.4, 0.5) is 5.69 Å². The second-order valence-electron chi connectivity index (χ2n) is 7.12. The molecule has 0 fully saturated rings. The van der Waals surface area contributed by atoms with E-state index in [0.29, 0.717) is 16.7 Å². The van der Waals surface area contributed by atoms with Crippen LogP contribution >= 0.6 is 11.8 Å². The second kappa shape index (κ2) is 9.74. The highest BCUT2D eigenvalue weighted by atomic mass is 32.2. The number of para-hydroxylation sites is 1. The summed E-state index contributed by atoms with van der Waals surface area (Å²) in [6.07, 6.45) is 2.44. The summed E-state index contributed by atoms with van der Waals surface area (Å²) in [6.45, 7) is 4.07. The lowest BCUT2D eigenvalue weighted by Crippen LogP contribution is -2.16. The number of thioether (sulfide) groups is 1. The number of nitrogens with zero attached hydrogens (tertiary/aromatic N) is 3. The van der Waals surface area contributed by atoms with E-state index in [1.54, 1.807) is 19.4 Å². The maximum Gasteiger partial charge on any atom is 0.234 e. The van der Waals surface area contributed by atoms with E-state index in [0.717, 1.165) is 34.7 Å². The minimum Gasteiger partial charge on any atom is -0.497 e. The lowest BCUT2D eigenvalue weighted by atomic mass is 10.1. The summed E-state index contributed by atoms with van der Waals surface area (Å²) >= 11 is 1.32. The number of hydrogen-bond acceptors (Lipinski definition) is 6. The molecule has 1 amide bonds. The molecule has 0 aliphatic heterocycles. The Balaban J connectivity index is 1.58. The predicted octanol–water partition coefficient (Wildman–Crippen LogP) is 5.14. The predicted molar refractivity (Wildman–Crippen MR) is 126 cm³/mol. The lowest BCUT2D eigenvalue weighted by Gasteiger charge is -2.13. The van der Waals surface area contributed by atoms with Crippen molar-refractivity contribution in [2.75, 3.05) is 18.2 Å². The molecule has 32 heavy (non-hydrogen) atoms. The number of nitrogens with one attached hydrogen (secondary N) is 1. The molecule has 164 valence electrons. The topological polar surface area (TPSA) is 82.2 Å². The van der Waals surface area contributed by atoms with Crippen molar-refractivity contribution in [2.24, 2.45) is 0 Å². The van der Waals surface area contributed by atoms with Crippen LogP contribution in [0.3, 0.4) is 0 Å². The number of ether oxygens (including phenoxy) is 1. The van der Waals surface area contributed by atoms with E-state index in [1.807, 2.05) is 60.0 Å². The number of furan rings is 1. The van der Waals surface area contributed by atoms with Crippen molar-refractivity contribution in [1.82, 2.24) is 14.8 Å². The smallest absolute Gasteiger partial charge is 0.234 e. The van der Waals surface area contributed by atoms with E-state index >= 15 is 0 Å². The third-order valence-electron chi connectivity index (χ3n) is 5.04. The van der Waals surface area contributed by atoms with Crippen LogP contribution in [-0.4, -0.2) is 33.5 Å². The summed E-state index contributed by atoms with van der Waals surface area (Å²) in [7, 11) is 1.63. The van der Waals surface area contributed by atoms with Crippen LogP contribution in [0.15, 0.2) is 70.4 Å². The van der Waals surface area contributed by atoms with Crippen LogP contribution in [0.25, 0.3) is 17.3 Å². The maximum atomic E-state index is 12.7. The summed E-state index contributed by atoms with van der Waals surface area (Å²) in [5.74, 6) is 2.01. The molecule has 8 heteroatoms. The monoisotopic (exact) mass is 448 g/mol. The van der Waals surface area contributed by atoms with Crippen molar-refractivity contribution in [2.45, 2.75) is 25.4 Å². The number of aromatic nitrogens is 3. The number of rotatable bonds is 8. The summed E-state index contributed by atoms with van der Waals surface area (Å²) in [5.41, 5.74) is 3.89. The van der Waals surface area contributed by atoms with Crippen LogP contribution in [0, 0.1) is 6.92 Å². The molecule has 4 aromatic rings. The highest BCUT2D eigenvalue weighted by Crippen LogP contribution is 2.29. The molecule has 2 aromatic carbocycles. The van der Waals surface area contributed by atoms with Gasteiger partial charge in [-0.05, 0) is 60.9 Å². The van der Waals surface area contributed by atoms with E-state index in [9.17, 15) is 4.79 Å². The molecule has 7 nitrogen and oxygen atoms in total. The highest BCUT2D eigenvalue weighted by Gasteiger charge is 2.19. The van der Waals surface area contributed by atoms with Crippen LogP contribution in [0.1, 0.15) is 18.1 Å². The van der Waals surface area contributed by atoms with Gasteiger partial charge in [0.25, 0.3) is 0 Å². The number of aryl methyl sites for hydroxylation is 2. The first-order valence-electron chi connectivity index (χ1n) is 10.3. The Morgan fingerprint density at radius 3 is 2.62 bits per heavy atom. The standard InChI is InChI=1S/C24H24N4O3S/c1-4-17-8-5-7-16(2)22(17)25-21(29)15-32-24-27-26-23(20-9-6-14-31-20)28(24)18-10-12-19(30-3)13-11-18/h5-14H,4,15H2,1-3H3,(H,25,29). The number of methoxy groups -OCH3 is 1. The van der Waals surface area contributed by atoms with Gasteiger partial charge in [-0.25, -0.2) is 0 Å². The quantitative estimate of drug-likeness (QED) is 0.376. The molecule has 4 rings (SSSR count). The fourth-order valence-corrected chi connectivity index (χ4v) is 4.15. The molecule has 0 unspecified atom stereocenters. The molecule has 0 saturated heterocycles. The van der Waals surface area contributed by atoms with Gasteiger partial charge in [-0.15, -0.1) is 10.2 Å². The van der Waals surface area contributed by atoms with E-state index in [2.05, 4.69) is 22.4 Å². The fourth-order valence-electron chi connectivity index (χ4n) is 3.40. The molecule has 0 bridgehead atoms. The second-order valence-corrected chi connectivity index (χ2v) is 8.06. The van der Waals surface area contributed by atoms with Crippen molar-refractivity contribution in [3.63, 3.8) is 0 Å². The Kier molecular flexibility index (Phi) is 6.61. The Labute approximate surface area is 190 Å². The van der Waals surface area contributed by atoms with Crippen molar-refractivity contribution in [1.29, 1.82) is 0 Å². The average Bonchev–Trinajstić information content (AvgIpc) is 3.49. The lowest BCUT2D eigenvalue weighted by molar-refractivity contribution is -0.113. The SMILES string of the molecule is CCc1cccc(C)c1NC(=O)CSc1nnc(-c2ccco2)n1-c1ccc(OC)cc1. The number of amides is 1. The highest BCUT2D eigenvalue weighted by molar-refractivity contribution is 7.99. The van der Waals surface area contributed by atoms with Gasteiger partial charge in [0.1, 0.15) is 5.75 Å². The molecule has 0 atom stereocenters. The first kappa shape index (κ1) is 21.7. The number of anilines is 1. The van der Waals surface area contributed by atoms with Crippen LogP contribution < -0.4 is 10.1 Å². The van der Waals surface area contributed by atoms with E-state index in [-0.39, 0.29) is 11.7 Å². The summed E-state index contributed by atoms with van der Waals surface area (Å²) < 4.78 is 12.7. The summed E-state index contributed by atoms with van der Waals surface area (Å²) in [4.78, 5) is 12.7. The van der Waals surface area contributed by atoms with Gasteiger partial charge in [-0.2, -0.15) is 0 Å². The van der Waals surface area contributed by atoms with Gasteiger partial charge in [0.2, 0.25) is 11.7 Å². The minimum atomic E-state index is -0.0946. The first-order valence-corrected chi connectivity index (χ1v) is 11.2. The zero-order chi connectivity index (χ0) is 22.5. The molecule has 0 aliphatic carbocycles. The van der Waals surface area contributed by atoms with Crippen LogP contribution in [-0.2, 0) is 11.2 Å². The van der Waals surface area contributed by atoms with Gasteiger partial charge in [0.05, 0.1) is 24.8 Å². The normalized spacial score (nSPS) is 10.8. The Hall–Kier alpha value is -3.52. The zero-order valence-electron chi connectivity index (χ0n) is 18.2. The third kappa shape index (κ3) is 4.55. The van der Waals surface area contributed by atoms with Gasteiger partial charge in [0.15, 0.2) is 10.9 Å². The zero-order valence-corrected chi connectivity index (χ0v) is 19.0. The van der Waals surface area contributed by atoms with Crippen molar-refractivity contribution in [3.05, 3.63) is 72.0 Å². The Bertz CT molecular complexity index is 1200. The summed E-state index contributed by atoms with van der Waals surface area (Å²) in [6, 6.07) is 17.2. The number of benzene rings is 2. The van der Waals surface area contributed by atoms with Crippen LogP contribution in [0.2, 0.25) is 0 Å². The largest absolute Gasteiger partial charge is 0.497 e. The molecule has 0 spiro atoms. The van der Waals surface area contributed by atoms with Gasteiger partial charge < -0.3 is 14.5 Å². The molecule has 0 aliphatic rings. The summed E-state index contributed by atoms with van der Waals surface area (Å²) in [5, 5.41) is 12.3. The molecule has 1 N–H and O–H groups in total. The number of hydrogen-bond donors (Lipinski definition) is 1. The molecule has 0 radical (unpaired) electrons. The van der Waals surface area contributed by atoms with Crippen LogP contribution in [0.5, 0.6) is 5.75 Å². The molecule has 2 heterocycles. The first-order chi connectivity index (χ1) is 15.6. The van der Waals surface area contributed by atoms with Crippen molar-refractivity contribution >= 4 is 23.4 Å².